The SMILES string of the molecule is CCNc1ccc(CSc2nnnn2C)cn1. The van der Waals surface area contributed by atoms with Crippen molar-refractivity contribution in [3.8, 4) is 0 Å². The Morgan fingerprint density at radius 3 is 2.88 bits per heavy atom. The van der Waals surface area contributed by atoms with Crippen LogP contribution in [0.4, 0.5) is 5.82 Å². The van der Waals surface area contributed by atoms with Gasteiger partial charge in [0.2, 0.25) is 5.16 Å². The number of rotatable bonds is 5. The summed E-state index contributed by atoms with van der Waals surface area (Å²) in [6, 6.07) is 4.04. The first-order valence-corrected chi connectivity index (χ1v) is 6.32. The molecule has 2 aromatic rings. The number of aromatic nitrogens is 5. The summed E-state index contributed by atoms with van der Waals surface area (Å²) in [5.41, 5.74) is 1.15. The van der Waals surface area contributed by atoms with Gasteiger partial charge in [-0.15, -0.1) is 5.10 Å². The fraction of sp³-hybridized carbons (Fsp3) is 0.400. The number of aryl methyl sites for hydroxylation is 1. The van der Waals surface area contributed by atoms with Crippen molar-refractivity contribution in [2.45, 2.75) is 17.8 Å². The Morgan fingerprint density at radius 1 is 1.41 bits per heavy atom. The van der Waals surface area contributed by atoms with Crippen LogP contribution in [0.3, 0.4) is 0 Å². The van der Waals surface area contributed by atoms with Crippen LogP contribution in [0.25, 0.3) is 0 Å². The zero-order valence-corrected chi connectivity index (χ0v) is 10.6. The summed E-state index contributed by atoms with van der Waals surface area (Å²) < 4.78 is 1.66. The maximum absolute atomic E-state index is 4.31. The molecule has 0 fully saturated rings. The van der Waals surface area contributed by atoms with Gasteiger partial charge < -0.3 is 5.32 Å². The van der Waals surface area contributed by atoms with Gasteiger partial charge in [0.1, 0.15) is 5.82 Å². The molecular formula is C10H14N6S. The summed E-state index contributed by atoms with van der Waals surface area (Å²) in [6.45, 7) is 2.93. The largest absolute Gasteiger partial charge is 0.370 e. The first-order valence-electron chi connectivity index (χ1n) is 5.33. The smallest absolute Gasteiger partial charge is 0.209 e. The average Bonchev–Trinajstić information content (AvgIpc) is 2.75. The number of pyridine rings is 1. The quantitative estimate of drug-likeness (QED) is 0.807. The van der Waals surface area contributed by atoms with Crippen LogP contribution in [0, 0.1) is 0 Å². The topological polar surface area (TPSA) is 68.5 Å². The van der Waals surface area contributed by atoms with Crippen LogP contribution in [0.2, 0.25) is 0 Å². The Kier molecular flexibility index (Phi) is 3.92. The third-order valence-corrected chi connectivity index (χ3v) is 3.21. The number of hydrogen-bond acceptors (Lipinski definition) is 6. The van der Waals surface area contributed by atoms with Gasteiger partial charge in [0, 0.05) is 25.5 Å². The number of thioether (sulfide) groups is 1. The number of nitrogens with zero attached hydrogens (tertiary/aromatic N) is 5. The van der Waals surface area contributed by atoms with Crippen molar-refractivity contribution in [2.24, 2.45) is 7.05 Å². The third-order valence-electron chi connectivity index (χ3n) is 2.13. The molecule has 0 aromatic carbocycles. The molecule has 1 N–H and O–H groups in total. The standard InChI is InChI=1S/C10H14N6S/c1-3-11-9-5-4-8(6-12-9)7-17-10-13-14-15-16(10)2/h4-6H,3,7H2,1-2H3,(H,11,12). The van der Waals surface area contributed by atoms with Crippen LogP contribution in [0.5, 0.6) is 0 Å². The van der Waals surface area contributed by atoms with Crippen LogP contribution in [0.1, 0.15) is 12.5 Å². The fourth-order valence-corrected chi connectivity index (χ4v) is 2.07. The molecule has 0 amide bonds. The van der Waals surface area contributed by atoms with E-state index in [9.17, 15) is 0 Å². The van der Waals surface area contributed by atoms with Gasteiger partial charge in [0.25, 0.3) is 0 Å². The van der Waals surface area contributed by atoms with E-state index >= 15 is 0 Å². The maximum Gasteiger partial charge on any atom is 0.209 e. The van der Waals surface area contributed by atoms with Crippen molar-refractivity contribution in [3.63, 3.8) is 0 Å². The predicted molar refractivity (Wildman–Crippen MR) is 66.8 cm³/mol. The summed E-state index contributed by atoms with van der Waals surface area (Å²) in [4.78, 5) is 4.31. The van der Waals surface area contributed by atoms with E-state index in [0.29, 0.717) is 0 Å². The second kappa shape index (κ2) is 5.62. The molecule has 2 rings (SSSR count). The highest BCUT2D eigenvalue weighted by Crippen LogP contribution is 2.19. The Labute approximate surface area is 104 Å². The molecule has 0 aliphatic rings. The lowest BCUT2D eigenvalue weighted by Gasteiger charge is -2.03. The van der Waals surface area contributed by atoms with Crippen molar-refractivity contribution in [1.29, 1.82) is 0 Å². The molecule has 2 aromatic heterocycles. The molecule has 90 valence electrons. The highest BCUT2D eigenvalue weighted by molar-refractivity contribution is 7.98. The van der Waals surface area contributed by atoms with Crippen LogP contribution < -0.4 is 5.32 Å². The minimum atomic E-state index is 0.806. The monoisotopic (exact) mass is 250 g/mol. The van der Waals surface area contributed by atoms with Crippen molar-refractivity contribution >= 4 is 17.6 Å². The van der Waals surface area contributed by atoms with Crippen molar-refractivity contribution in [3.05, 3.63) is 23.9 Å². The van der Waals surface area contributed by atoms with E-state index in [1.807, 2.05) is 26.2 Å². The second-order valence-electron chi connectivity index (χ2n) is 3.46. The average molecular weight is 250 g/mol. The van der Waals surface area contributed by atoms with E-state index in [2.05, 4.69) is 31.9 Å². The number of nitrogens with one attached hydrogen (secondary N) is 1. The first-order chi connectivity index (χ1) is 8.29. The van der Waals surface area contributed by atoms with Crippen LogP contribution >= 0.6 is 11.8 Å². The maximum atomic E-state index is 4.31. The van der Waals surface area contributed by atoms with E-state index in [1.54, 1.807) is 16.4 Å². The number of tetrazole rings is 1. The van der Waals surface area contributed by atoms with Crippen LogP contribution in [0.15, 0.2) is 23.5 Å². The molecule has 0 bridgehead atoms. The molecule has 0 aliphatic carbocycles. The molecule has 0 aliphatic heterocycles. The van der Waals surface area contributed by atoms with Gasteiger partial charge in [-0.25, -0.2) is 9.67 Å². The molecule has 0 saturated carbocycles. The lowest BCUT2D eigenvalue weighted by atomic mass is 10.3. The molecule has 0 unspecified atom stereocenters. The van der Waals surface area contributed by atoms with E-state index in [0.717, 1.165) is 28.8 Å². The van der Waals surface area contributed by atoms with Gasteiger partial charge in [-0.05, 0) is 29.0 Å². The molecule has 0 spiro atoms. The summed E-state index contributed by atoms with van der Waals surface area (Å²) in [5.74, 6) is 1.72. The minimum absolute atomic E-state index is 0.806. The summed E-state index contributed by atoms with van der Waals surface area (Å²) in [7, 11) is 1.83. The number of hydrogen-bond donors (Lipinski definition) is 1. The van der Waals surface area contributed by atoms with Crippen molar-refractivity contribution in [2.75, 3.05) is 11.9 Å². The van der Waals surface area contributed by atoms with Gasteiger partial charge in [0.05, 0.1) is 0 Å². The molecule has 0 atom stereocenters. The minimum Gasteiger partial charge on any atom is -0.370 e. The van der Waals surface area contributed by atoms with E-state index < -0.39 is 0 Å². The first kappa shape index (κ1) is 11.8. The fourth-order valence-electron chi connectivity index (χ4n) is 1.29. The summed E-state index contributed by atoms with van der Waals surface area (Å²) in [5, 5.41) is 15.2. The second-order valence-corrected chi connectivity index (χ2v) is 4.40. The number of anilines is 1. The molecule has 7 heteroatoms. The zero-order chi connectivity index (χ0) is 12.1. The van der Waals surface area contributed by atoms with Crippen molar-refractivity contribution < 1.29 is 0 Å². The Balaban J connectivity index is 1.93. The van der Waals surface area contributed by atoms with Gasteiger partial charge in [-0.2, -0.15) is 0 Å². The molecule has 6 nitrogen and oxygen atoms in total. The van der Waals surface area contributed by atoms with E-state index in [-0.39, 0.29) is 0 Å². The van der Waals surface area contributed by atoms with Crippen LogP contribution in [-0.2, 0) is 12.8 Å². The third kappa shape index (κ3) is 3.16. The predicted octanol–water partition coefficient (Wildman–Crippen LogP) is 1.33. The summed E-state index contributed by atoms with van der Waals surface area (Å²) >= 11 is 1.59. The molecule has 17 heavy (non-hydrogen) atoms. The van der Waals surface area contributed by atoms with Gasteiger partial charge in [-0.1, -0.05) is 17.8 Å². The van der Waals surface area contributed by atoms with Gasteiger partial charge in [0.15, 0.2) is 0 Å². The molecule has 2 heterocycles. The Hall–Kier alpha value is -1.63. The highest BCUT2D eigenvalue weighted by Gasteiger charge is 2.03. The van der Waals surface area contributed by atoms with Crippen LogP contribution in [-0.4, -0.2) is 31.7 Å². The lowest BCUT2D eigenvalue weighted by molar-refractivity contribution is 0.664. The van der Waals surface area contributed by atoms with E-state index in [4.69, 9.17) is 0 Å². The van der Waals surface area contributed by atoms with Gasteiger partial charge in [-0.3, -0.25) is 0 Å². The molecule has 0 radical (unpaired) electrons. The molecular weight excluding hydrogens is 236 g/mol. The zero-order valence-electron chi connectivity index (χ0n) is 9.79. The molecule has 0 saturated heterocycles. The summed E-state index contributed by atoms with van der Waals surface area (Å²) in [6.07, 6.45) is 1.87. The van der Waals surface area contributed by atoms with Crippen molar-refractivity contribution in [1.82, 2.24) is 25.2 Å². The Morgan fingerprint density at radius 2 is 2.29 bits per heavy atom. The Bertz CT molecular complexity index is 466. The van der Waals surface area contributed by atoms with Gasteiger partial charge >= 0.3 is 0 Å². The highest BCUT2D eigenvalue weighted by atomic mass is 32.2. The van der Waals surface area contributed by atoms with E-state index in [1.165, 1.54) is 0 Å². The normalized spacial score (nSPS) is 10.5. The lowest BCUT2D eigenvalue weighted by Crippen LogP contribution is -1.99.